The summed E-state index contributed by atoms with van der Waals surface area (Å²) in [7, 11) is 0. The molecule has 0 aliphatic carbocycles. The van der Waals surface area contributed by atoms with Gasteiger partial charge in [-0.2, -0.15) is 4.98 Å². The highest BCUT2D eigenvalue weighted by Gasteiger charge is 1.99. The molecule has 0 saturated heterocycles. The Hall–Kier alpha value is -2.50. The van der Waals surface area contributed by atoms with Gasteiger partial charge in [-0.1, -0.05) is 30.3 Å². The number of nitrogen functional groups attached to an aromatic ring is 2. The van der Waals surface area contributed by atoms with Crippen LogP contribution in [-0.4, -0.2) is 21.5 Å². The lowest BCUT2D eigenvalue weighted by Crippen LogP contribution is -2.19. The van der Waals surface area contributed by atoms with Gasteiger partial charge in [-0.3, -0.25) is 4.99 Å². The van der Waals surface area contributed by atoms with Crippen LogP contribution >= 0.6 is 0 Å². The number of anilines is 2. The second-order valence-electron chi connectivity index (χ2n) is 3.83. The summed E-state index contributed by atoms with van der Waals surface area (Å²) in [6.45, 7) is 0.589. The van der Waals surface area contributed by atoms with E-state index < -0.39 is 0 Å². The highest BCUT2D eigenvalue weighted by Crippen LogP contribution is 2.00. The molecule has 0 amide bonds. The molecule has 0 atom stereocenters. The summed E-state index contributed by atoms with van der Waals surface area (Å²) in [4.78, 5) is 8.18. The lowest BCUT2D eigenvalue weighted by Gasteiger charge is -2.04. The minimum absolute atomic E-state index is 0.0755. The first-order valence-corrected chi connectivity index (χ1v) is 5.55. The highest BCUT2D eigenvalue weighted by atomic mass is 16.5. The lowest BCUT2D eigenvalue weighted by atomic mass is 10.2. The SMILES string of the molecule is Nc1cc(=NCCc2ccccc2)nc(N)n1O. The first-order valence-electron chi connectivity index (χ1n) is 5.55. The molecule has 0 spiro atoms. The quantitative estimate of drug-likeness (QED) is 0.682. The van der Waals surface area contributed by atoms with E-state index in [2.05, 4.69) is 9.98 Å². The van der Waals surface area contributed by atoms with Crippen molar-refractivity contribution in [2.75, 3.05) is 18.0 Å². The summed E-state index contributed by atoms with van der Waals surface area (Å²) in [5.74, 6) is 0.0365. The van der Waals surface area contributed by atoms with E-state index in [1.165, 1.54) is 11.6 Å². The van der Waals surface area contributed by atoms with E-state index in [1.807, 2.05) is 30.3 Å². The lowest BCUT2D eigenvalue weighted by molar-refractivity contribution is 0.194. The van der Waals surface area contributed by atoms with E-state index in [0.717, 1.165) is 6.42 Å². The molecule has 0 fully saturated rings. The Bertz CT molecular complexity index is 565. The average Bonchev–Trinajstić information content (AvgIpc) is 2.37. The number of nitrogens with zero attached hydrogens (tertiary/aromatic N) is 3. The predicted molar refractivity (Wildman–Crippen MR) is 68.8 cm³/mol. The Morgan fingerprint density at radius 2 is 1.94 bits per heavy atom. The first kappa shape index (κ1) is 12.0. The van der Waals surface area contributed by atoms with Crippen LogP contribution in [0.5, 0.6) is 0 Å². The van der Waals surface area contributed by atoms with Crippen molar-refractivity contribution >= 4 is 11.8 Å². The monoisotopic (exact) mass is 245 g/mol. The van der Waals surface area contributed by atoms with Gasteiger partial charge in [-0.15, -0.1) is 4.73 Å². The molecule has 2 aromatic rings. The average molecular weight is 245 g/mol. The number of hydrogen-bond donors (Lipinski definition) is 3. The third-order valence-corrected chi connectivity index (χ3v) is 2.48. The van der Waals surface area contributed by atoms with Crippen molar-refractivity contribution in [2.45, 2.75) is 6.42 Å². The topological polar surface area (TPSA) is 102 Å². The van der Waals surface area contributed by atoms with Crippen LogP contribution in [0.2, 0.25) is 0 Å². The van der Waals surface area contributed by atoms with Crippen molar-refractivity contribution in [1.82, 2.24) is 9.71 Å². The second-order valence-corrected chi connectivity index (χ2v) is 3.83. The van der Waals surface area contributed by atoms with E-state index in [-0.39, 0.29) is 11.8 Å². The third-order valence-electron chi connectivity index (χ3n) is 2.48. The molecule has 0 saturated carbocycles. The fourth-order valence-electron chi connectivity index (χ4n) is 1.55. The summed E-state index contributed by atoms with van der Waals surface area (Å²) in [6, 6.07) is 11.5. The maximum absolute atomic E-state index is 9.30. The van der Waals surface area contributed by atoms with E-state index >= 15 is 0 Å². The molecule has 94 valence electrons. The smallest absolute Gasteiger partial charge is 0.238 e. The highest BCUT2D eigenvalue weighted by molar-refractivity contribution is 5.33. The Labute approximate surface area is 104 Å². The van der Waals surface area contributed by atoms with E-state index in [4.69, 9.17) is 11.5 Å². The van der Waals surface area contributed by atoms with Gasteiger partial charge in [-0.25, -0.2) is 0 Å². The van der Waals surface area contributed by atoms with Crippen molar-refractivity contribution in [3.8, 4) is 0 Å². The van der Waals surface area contributed by atoms with Gasteiger partial charge in [0.1, 0.15) is 5.82 Å². The molecule has 1 aromatic heterocycles. The van der Waals surface area contributed by atoms with Crippen LogP contribution in [-0.2, 0) is 6.42 Å². The Morgan fingerprint density at radius 1 is 1.22 bits per heavy atom. The standard InChI is InChI=1S/C12H15N5O/c13-10-8-11(16-12(14)17(10)18)15-7-6-9-4-2-1-3-5-9/h1-5,8,18H,6-7,13H2,(H2,14,15,16). The second kappa shape index (κ2) is 5.22. The van der Waals surface area contributed by atoms with E-state index in [0.29, 0.717) is 16.8 Å². The van der Waals surface area contributed by atoms with Crippen molar-refractivity contribution in [2.24, 2.45) is 4.99 Å². The van der Waals surface area contributed by atoms with E-state index in [1.54, 1.807) is 0 Å². The van der Waals surface area contributed by atoms with Crippen LogP contribution in [0.15, 0.2) is 41.4 Å². The third kappa shape index (κ3) is 2.79. The number of nitrogens with two attached hydrogens (primary N) is 2. The molecule has 1 aromatic carbocycles. The van der Waals surface area contributed by atoms with Crippen molar-refractivity contribution < 1.29 is 5.21 Å². The van der Waals surface area contributed by atoms with Gasteiger partial charge in [0.25, 0.3) is 0 Å². The van der Waals surface area contributed by atoms with Gasteiger partial charge in [0.2, 0.25) is 5.95 Å². The van der Waals surface area contributed by atoms with Crippen LogP contribution in [0.3, 0.4) is 0 Å². The number of hydrogen-bond acceptors (Lipinski definition) is 5. The normalized spacial score (nSPS) is 11.7. The number of aromatic nitrogens is 2. The van der Waals surface area contributed by atoms with Crippen LogP contribution in [0.4, 0.5) is 11.8 Å². The molecule has 5 N–H and O–H groups in total. The maximum atomic E-state index is 9.30. The van der Waals surface area contributed by atoms with Crippen LogP contribution in [0, 0.1) is 0 Å². The zero-order valence-electron chi connectivity index (χ0n) is 9.82. The summed E-state index contributed by atoms with van der Waals surface area (Å²) < 4.78 is 0.621. The molecular weight excluding hydrogens is 230 g/mol. The van der Waals surface area contributed by atoms with Crippen LogP contribution in [0.25, 0.3) is 0 Å². The van der Waals surface area contributed by atoms with Gasteiger partial charge < -0.3 is 16.7 Å². The Balaban J connectivity index is 2.11. The fraction of sp³-hybridized carbons (Fsp3) is 0.167. The zero-order valence-corrected chi connectivity index (χ0v) is 9.82. The summed E-state index contributed by atoms with van der Waals surface area (Å²) in [6.07, 6.45) is 0.816. The molecule has 0 aliphatic heterocycles. The molecule has 0 unspecified atom stereocenters. The van der Waals surface area contributed by atoms with Gasteiger partial charge in [-0.05, 0) is 12.0 Å². The first-order chi connectivity index (χ1) is 8.66. The Morgan fingerprint density at radius 3 is 2.61 bits per heavy atom. The minimum Gasteiger partial charge on any atom is -0.424 e. The molecule has 0 aliphatic rings. The molecule has 6 nitrogen and oxygen atoms in total. The molecule has 0 bridgehead atoms. The maximum Gasteiger partial charge on any atom is 0.238 e. The largest absolute Gasteiger partial charge is 0.424 e. The fourth-order valence-corrected chi connectivity index (χ4v) is 1.55. The summed E-state index contributed by atoms with van der Waals surface area (Å²) in [5, 5.41) is 9.30. The van der Waals surface area contributed by atoms with Gasteiger partial charge in [0.05, 0.1) is 0 Å². The van der Waals surface area contributed by atoms with E-state index in [9.17, 15) is 5.21 Å². The molecule has 6 heteroatoms. The van der Waals surface area contributed by atoms with Crippen molar-refractivity contribution in [1.29, 1.82) is 0 Å². The summed E-state index contributed by atoms with van der Waals surface area (Å²) in [5.41, 5.74) is 12.6. The molecular formula is C12H15N5O. The Kier molecular flexibility index (Phi) is 3.47. The summed E-state index contributed by atoms with van der Waals surface area (Å²) >= 11 is 0. The zero-order chi connectivity index (χ0) is 13.0. The number of rotatable bonds is 3. The molecule has 18 heavy (non-hydrogen) atoms. The van der Waals surface area contributed by atoms with Crippen molar-refractivity contribution in [3.63, 3.8) is 0 Å². The number of benzene rings is 1. The molecule has 2 rings (SSSR count). The van der Waals surface area contributed by atoms with Crippen LogP contribution in [0.1, 0.15) is 5.56 Å². The van der Waals surface area contributed by atoms with Crippen molar-refractivity contribution in [3.05, 3.63) is 47.4 Å². The van der Waals surface area contributed by atoms with Gasteiger partial charge in [0, 0.05) is 12.6 Å². The molecule has 0 radical (unpaired) electrons. The predicted octanol–water partition coefficient (Wildman–Crippen LogP) is 0.428. The van der Waals surface area contributed by atoms with Gasteiger partial charge >= 0.3 is 0 Å². The molecule has 1 heterocycles. The van der Waals surface area contributed by atoms with Gasteiger partial charge in [0.15, 0.2) is 5.49 Å². The van der Waals surface area contributed by atoms with Crippen LogP contribution < -0.4 is 17.0 Å². The minimum atomic E-state index is -0.0755.